The summed E-state index contributed by atoms with van der Waals surface area (Å²) in [5, 5.41) is 14.6. The third-order valence-electron chi connectivity index (χ3n) is 3.87. The number of carboxylic acid groups (broad SMARTS) is 1. The molecule has 1 aliphatic heterocycles. The Kier molecular flexibility index (Phi) is 7.67. The molecule has 6 nitrogen and oxygen atoms in total. The minimum atomic E-state index is -0.830. The molecule has 122 valence electrons. The van der Waals surface area contributed by atoms with E-state index >= 15 is 0 Å². The Morgan fingerprint density at radius 2 is 2.05 bits per heavy atom. The number of hydrogen-bond donors (Lipinski definition) is 3. The molecule has 0 aromatic carbocycles. The number of rotatable bonds is 8. The van der Waals surface area contributed by atoms with Crippen molar-refractivity contribution in [3.05, 3.63) is 0 Å². The Balaban J connectivity index is 2.36. The van der Waals surface area contributed by atoms with Gasteiger partial charge >= 0.3 is 5.97 Å². The fourth-order valence-electron chi connectivity index (χ4n) is 2.62. The lowest BCUT2D eigenvalue weighted by molar-refractivity contribution is -0.136. The van der Waals surface area contributed by atoms with Gasteiger partial charge in [0.05, 0.1) is 12.6 Å². The first-order chi connectivity index (χ1) is 9.90. The largest absolute Gasteiger partial charge is 0.480 e. The maximum Gasteiger partial charge on any atom is 0.317 e. The van der Waals surface area contributed by atoms with Gasteiger partial charge in [-0.05, 0) is 44.7 Å². The van der Waals surface area contributed by atoms with Gasteiger partial charge < -0.3 is 15.7 Å². The Morgan fingerprint density at radius 3 is 2.67 bits per heavy atom. The van der Waals surface area contributed by atoms with Crippen LogP contribution in [-0.2, 0) is 9.59 Å². The van der Waals surface area contributed by atoms with Gasteiger partial charge in [-0.1, -0.05) is 13.8 Å². The molecule has 0 radical (unpaired) electrons. The molecular formula is C15H29N3O3. The smallest absolute Gasteiger partial charge is 0.317 e. The highest BCUT2D eigenvalue weighted by Gasteiger charge is 2.27. The summed E-state index contributed by atoms with van der Waals surface area (Å²) in [6.45, 7) is 9.30. The zero-order valence-corrected chi connectivity index (χ0v) is 13.4. The lowest BCUT2D eigenvalue weighted by Gasteiger charge is -2.36. The van der Waals surface area contributed by atoms with Gasteiger partial charge in [0.25, 0.3) is 0 Å². The number of piperidine rings is 1. The normalized spacial score (nSPS) is 21.2. The first kappa shape index (κ1) is 17.9. The molecule has 1 aliphatic rings. The number of amides is 1. The van der Waals surface area contributed by atoms with Gasteiger partial charge in [0.1, 0.15) is 0 Å². The van der Waals surface area contributed by atoms with E-state index in [1.807, 2.05) is 6.92 Å². The fraction of sp³-hybridized carbons (Fsp3) is 0.867. The molecule has 0 aliphatic carbocycles. The summed E-state index contributed by atoms with van der Waals surface area (Å²) in [6.07, 6.45) is 2.14. The molecule has 0 aromatic rings. The Morgan fingerprint density at radius 1 is 1.33 bits per heavy atom. The predicted molar refractivity (Wildman–Crippen MR) is 82.1 cm³/mol. The Hall–Kier alpha value is -1.14. The summed E-state index contributed by atoms with van der Waals surface area (Å²) in [5.74, 6) is 0.126. The van der Waals surface area contributed by atoms with E-state index in [1.165, 1.54) is 0 Å². The first-order valence-electron chi connectivity index (χ1n) is 7.84. The molecule has 2 atom stereocenters. The van der Waals surface area contributed by atoms with Crippen LogP contribution in [0.2, 0.25) is 0 Å². The van der Waals surface area contributed by atoms with E-state index in [-0.39, 0.29) is 18.5 Å². The van der Waals surface area contributed by atoms with Gasteiger partial charge in [-0.15, -0.1) is 0 Å². The molecule has 1 rings (SSSR count). The lowest BCUT2D eigenvalue weighted by Crippen LogP contribution is -2.50. The average Bonchev–Trinajstić information content (AvgIpc) is 2.43. The molecule has 1 heterocycles. The molecule has 1 saturated heterocycles. The van der Waals surface area contributed by atoms with Gasteiger partial charge in [-0.25, -0.2) is 0 Å². The van der Waals surface area contributed by atoms with E-state index in [0.29, 0.717) is 24.9 Å². The molecule has 0 spiro atoms. The van der Waals surface area contributed by atoms with Crippen molar-refractivity contribution < 1.29 is 14.7 Å². The zero-order valence-electron chi connectivity index (χ0n) is 13.4. The molecule has 0 aromatic heterocycles. The van der Waals surface area contributed by atoms with Crippen LogP contribution in [0, 0.1) is 11.8 Å². The zero-order chi connectivity index (χ0) is 15.8. The van der Waals surface area contributed by atoms with Crippen molar-refractivity contribution in [2.24, 2.45) is 11.8 Å². The van der Waals surface area contributed by atoms with Crippen molar-refractivity contribution in [3.63, 3.8) is 0 Å². The standard InChI is InChI=1S/C15H29N3O3/c1-11(2)7-17-15(21)12(3)18-6-4-5-13(10-18)8-16-9-14(19)20/h11-13,16H,4-10H2,1-3H3,(H,17,21)(H,19,20). The van der Waals surface area contributed by atoms with Crippen molar-refractivity contribution in [1.29, 1.82) is 0 Å². The molecule has 3 N–H and O–H groups in total. The number of likely N-dealkylation sites (tertiary alicyclic amines) is 1. The quantitative estimate of drug-likeness (QED) is 0.609. The monoisotopic (exact) mass is 299 g/mol. The Bertz CT molecular complexity index is 347. The number of nitrogens with zero attached hydrogens (tertiary/aromatic N) is 1. The molecular weight excluding hydrogens is 270 g/mol. The minimum absolute atomic E-state index is 0.000921. The summed E-state index contributed by atoms with van der Waals surface area (Å²) >= 11 is 0. The minimum Gasteiger partial charge on any atom is -0.480 e. The molecule has 0 bridgehead atoms. The first-order valence-corrected chi connectivity index (χ1v) is 7.84. The van der Waals surface area contributed by atoms with Crippen molar-refractivity contribution in [3.8, 4) is 0 Å². The van der Waals surface area contributed by atoms with Crippen LogP contribution in [0.4, 0.5) is 0 Å². The van der Waals surface area contributed by atoms with E-state index < -0.39 is 5.97 Å². The topological polar surface area (TPSA) is 81.7 Å². The van der Waals surface area contributed by atoms with Crippen LogP contribution in [-0.4, -0.2) is 60.6 Å². The summed E-state index contributed by atoms with van der Waals surface area (Å²) < 4.78 is 0. The fourth-order valence-corrected chi connectivity index (χ4v) is 2.62. The number of carbonyl (C=O) groups excluding carboxylic acids is 1. The van der Waals surface area contributed by atoms with E-state index in [1.54, 1.807) is 0 Å². The second-order valence-electron chi connectivity index (χ2n) is 6.34. The number of carbonyl (C=O) groups is 2. The summed E-state index contributed by atoms with van der Waals surface area (Å²) in [5.41, 5.74) is 0. The number of carboxylic acids is 1. The van der Waals surface area contributed by atoms with Crippen molar-refractivity contribution in [2.45, 2.75) is 39.7 Å². The molecule has 1 fully saturated rings. The summed E-state index contributed by atoms with van der Waals surface area (Å²) in [7, 11) is 0. The maximum absolute atomic E-state index is 12.1. The van der Waals surface area contributed by atoms with Crippen molar-refractivity contribution in [2.75, 3.05) is 32.7 Å². The van der Waals surface area contributed by atoms with Crippen LogP contribution >= 0.6 is 0 Å². The van der Waals surface area contributed by atoms with Crippen LogP contribution in [0.1, 0.15) is 33.6 Å². The van der Waals surface area contributed by atoms with Gasteiger partial charge in [-0.3, -0.25) is 14.5 Å². The molecule has 6 heteroatoms. The van der Waals surface area contributed by atoms with Crippen LogP contribution in [0.25, 0.3) is 0 Å². The Labute approximate surface area is 127 Å². The van der Waals surface area contributed by atoms with E-state index in [9.17, 15) is 9.59 Å². The second kappa shape index (κ2) is 9.00. The van der Waals surface area contributed by atoms with E-state index in [0.717, 1.165) is 25.9 Å². The average molecular weight is 299 g/mol. The maximum atomic E-state index is 12.1. The second-order valence-corrected chi connectivity index (χ2v) is 6.34. The van der Waals surface area contributed by atoms with Crippen LogP contribution < -0.4 is 10.6 Å². The van der Waals surface area contributed by atoms with E-state index in [2.05, 4.69) is 29.4 Å². The summed E-state index contributed by atoms with van der Waals surface area (Å²) in [6, 6.07) is -0.119. The highest BCUT2D eigenvalue weighted by molar-refractivity contribution is 5.81. The van der Waals surface area contributed by atoms with Crippen LogP contribution in [0.5, 0.6) is 0 Å². The SMILES string of the molecule is CC(C)CNC(=O)C(C)N1CCCC(CNCC(=O)O)C1. The van der Waals surface area contributed by atoms with Gasteiger partial charge in [0, 0.05) is 13.1 Å². The third-order valence-corrected chi connectivity index (χ3v) is 3.87. The van der Waals surface area contributed by atoms with Crippen molar-refractivity contribution in [1.82, 2.24) is 15.5 Å². The van der Waals surface area contributed by atoms with Crippen LogP contribution in [0.15, 0.2) is 0 Å². The number of aliphatic carboxylic acids is 1. The van der Waals surface area contributed by atoms with E-state index in [4.69, 9.17) is 5.11 Å². The van der Waals surface area contributed by atoms with Gasteiger partial charge in [0.2, 0.25) is 5.91 Å². The van der Waals surface area contributed by atoms with Crippen LogP contribution in [0.3, 0.4) is 0 Å². The molecule has 21 heavy (non-hydrogen) atoms. The third kappa shape index (κ3) is 6.91. The predicted octanol–water partition coefficient (Wildman–Crippen LogP) is 0.533. The van der Waals surface area contributed by atoms with Gasteiger partial charge in [0.15, 0.2) is 0 Å². The van der Waals surface area contributed by atoms with Gasteiger partial charge in [-0.2, -0.15) is 0 Å². The number of nitrogens with one attached hydrogen (secondary N) is 2. The highest BCUT2D eigenvalue weighted by Crippen LogP contribution is 2.18. The highest BCUT2D eigenvalue weighted by atomic mass is 16.4. The summed E-state index contributed by atoms with van der Waals surface area (Å²) in [4.78, 5) is 24.8. The number of hydrogen-bond acceptors (Lipinski definition) is 4. The molecule has 1 amide bonds. The van der Waals surface area contributed by atoms with Crippen molar-refractivity contribution >= 4 is 11.9 Å². The molecule has 2 unspecified atom stereocenters. The molecule has 0 saturated carbocycles. The lowest BCUT2D eigenvalue weighted by atomic mass is 9.96.